The molecule has 0 saturated carbocycles. The zero-order chi connectivity index (χ0) is 23.6. The molecule has 0 bridgehead atoms. The molecule has 1 saturated heterocycles. The number of rotatable bonds is 6. The summed E-state index contributed by atoms with van der Waals surface area (Å²) >= 11 is 6.16. The highest BCUT2D eigenvalue weighted by atomic mass is 35.5. The fourth-order valence-corrected chi connectivity index (χ4v) is 4.48. The molecule has 2 heterocycles. The second-order valence-electron chi connectivity index (χ2n) is 8.13. The lowest BCUT2D eigenvalue weighted by atomic mass is 10.1. The second-order valence-corrected chi connectivity index (χ2v) is 8.56. The maximum absolute atomic E-state index is 14.0. The van der Waals surface area contributed by atoms with Gasteiger partial charge in [0.05, 0.1) is 23.5 Å². The van der Waals surface area contributed by atoms with E-state index in [-0.39, 0.29) is 18.3 Å². The van der Waals surface area contributed by atoms with Gasteiger partial charge in [-0.25, -0.2) is 4.68 Å². The number of para-hydroxylation sites is 1. The van der Waals surface area contributed by atoms with Crippen molar-refractivity contribution in [2.45, 2.75) is 32.0 Å². The minimum absolute atomic E-state index is 0.159. The minimum atomic E-state index is -4.76. The predicted molar refractivity (Wildman–Crippen MR) is 121 cm³/mol. The highest BCUT2D eigenvalue weighted by Crippen LogP contribution is 2.34. The molecule has 1 aromatic heterocycles. The van der Waals surface area contributed by atoms with E-state index in [0.717, 1.165) is 42.4 Å². The van der Waals surface area contributed by atoms with Crippen molar-refractivity contribution in [2.75, 3.05) is 19.6 Å². The number of halogens is 4. The van der Waals surface area contributed by atoms with Crippen LogP contribution >= 0.6 is 11.6 Å². The molecule has 0 aliphatic carbocycles. The van der Waals surface area contributed by atoms with Crippen molar-refractivity contribution >= 4 is 17.5 Å². The van der Waals surface area contributed by atoms with E-state index in [9.17, 15) is 18.0 Å². The van der Waals surface area contributed by atoms with Crippen molar-refractivity contribution in [3.8, 4) is 5.69 Å². The minimum Gasteiger partial charge on any atom is -0.350 e. The van der Waals surface area contributed by atoms with Crippen LogP contribution in [0.5, 0.6) is 0 Å². The summed E-state index contributed by atoms with van der Waals surface area (Å²) < 4.78 is 42.8. The van der Waals surface area contributed by atoms with Gasteiger partial charge in [-0.15, -0.1) is 0 Å². The van der Waals surface area contributed by atoms with E-state index in [1.54, 1.807) is 37.3 Å². The third kappa shape index (κ3) is 5.07. The van der Waals surface area contributed by atoms with Gasteiger partial charge in [0.25, 0.3) is 5.91 Å². The Labute approximate surface area is 195 Å². The van der Waals surface area contributed by atoms with Crippen molar-refractivity contribution in [2.24, 2.45) is 0 Å². The summed E-state index contributed by atoms with van der Waals surface area (Å²) in [7, 11) is 0. The maximum Gasteiger partial charge on any atom is 0.434 e. The molecule has 1 aliphatic rings. The molecule has 4 rings (SSSR count). The normalized spacial score (nSPS) is 15.5. The van der Waals surface area contributed by atoms with Gasteiger partial charge in [0, 0.05) is 11.6 Å². The van der Waals surface area contributed by atoms with Gasteiger partial charge >= 0.3 is 6.18 Å². The smallest absolute Gasteiger partial charge is 0.350 e. The average Bonchev–Trinajstić information content (AvgIpc) is 3.44. The van der Waals surface area contributed by atoms with Crippen LogP contribution in [0.15, 0.2) is 54.7 Å². The second kappa shape index (κ2) is 9.57. The van der Waals surface area contributed by atoms with E-state index >= 15 is 0 Å². The van der Waals surface area contributed by atoms with E-state index in [2.05, 4.69) is 15.3 Å². The van der Waals surface area contributed by atoms with Gasteiger partial charge in [0.15, 0.2) is 5.69 Å². The van der Waals surface area contributed by atoms with Crippen LogP contribution in [0.1, 0.15) is 46.1 Å². The molecule has 0 radical (unpaired) electrons. The summed E-state index contributed by atoms with van der Waals surface area (Å²) in [4.78, 5) is 15.2. The number of likely N-dealkylation sites (tertiary alicyclic amines) is 1. The number of hydrogen-bond donors (Lipinski definition) is 1. The standard InChI is InChI=1S/C24H24ClF3N4O/c1-16-7-2-3-10-20(16)32-22(24(26,27)28)19(14-30-32)23(33)29-15-21(31-11-4-5-12-31)17-8-6-9-18(25)13-17/h2-3,6-10,13-14,21H,4-5,11-12,15H2,1H3,(H,29,33). The Hall–Kier alpha value is -2.84. The zero-order valence-corrected chi connectivity index (χ0v) is 18.8. The quantitative estimate of drug-likeness (QED) is 0.517. The topological polar surface area (TPSA) is 50.2 Å². The van der Waals surface area contributed by atoms with Crippen LogP contribution in [-0.2, 0) is 6.18 Å². The summed E-state index contributed by atoms with van der Waals surface area (Å²) in [5.74, 6) is -0.812. The fourth-order valence-electron chi connectivity index (χ4n) is 4.28. The molecular formula is C24H24ClF3N4O. The van der Waals surface area contributed by atoms with Gasteiger partial charge in [-0.1, -0.05) is 41.9 Å². The molecule has 5 nitrogen and oxygen atoms in total. The molecule has 174 valence electrons. The molecule has 2 aromatic carbocycles. The largest absolute Gasteiger partial charge is 0.434 e. The Morgan fingerprint density at radius 3 is 2.55 bits per heavy atom. The van der Waals surface area contributed by atoms with Gasteiger partial charge in [-0.05, 0) is 62.2 Å². The predicted octanol–water partition coefficient (Wildman–Crippen LogP) is 5.42. The number of aryl methyl sites for hydroxylation is 1. The van der Waals surface area contributed by atoms with Crippen molar-refractivity contribution < 1.29 is 18.0 Å². The summed E-state index contributed by atoms with van der Waals surface area (Å²) in [5, 5.41) is 7.20. The number of carbonyl (C=O) groups excluding carboxylic acids is 1. The lowest BCUT2D eigenvalue weighted by Crippen LogP contribution is -2.37. The molecule has 0 spiro atoms. The molecular weight excluding hydrogens is 453 g/mol. The first-order valence-corrected chi connectivity index (χ1v) is 11.1. The summed E-state index contributed by atoms with van der Waals surface area (Å²) in [6, 6.07) is 13.8. The number of alkyl halides is 3. The summed E-state index contributed by atoms with van der Waals surface area (Å²) in [6.45, 7) is 3.56. The van der Waals surface area contributed by atoms with Crippen LogP contribution in [0.2, 0.25) is 5.02 Å². The first-order chi connectivity index (χ1) is 15.8. The van der Waals surface area contributed by atoms with E-state index in [4.69, 9.17) is 11.6 Å². The number of nitrogens with one attached hydrogen (secondary N) is 1. The Morgan fingerprint density at radius 1 is 1.15 bits per heavy atom. The van der Waals surface area contributed by atoms with Crippen LogP contribution in [0.25, 0.3) is 5.69 Å². The van der Waals surface area contributed by atoms with Crippen molar-refractivity contribution in [1.29, 1.82) is 0 Å². The Bertz CT molecular complexity index is 1140. The number of amides is 1. The maximum atomic E-state index is 14.0. The number of benzene rings is 2. The van der Waals surface area contributed by atoms with Crippen molar-refractivity contribution in [1.82, 2.24) is 20.0 Å². The van der Waals surface area contributed by atoms with Gasteiger partial charge in [-0.3, -0.25) is 9.69 Å². The zero-order valence-electron chi connectivity index (χ0n) is 18.1. The van der Waals surface area contributed by atoms with E-state index in [1.165, 1.54) is 0 Å². The first kappa shape index (κ1) is 23.3. The van der Waals surface area contributed by atoms with Crippen molar-refractivity contribution in [3.05, 3.63) is 82.1 Å². The Kier molecular flexibility index (Phi) is 6.76. The third-order valence-corrected chi connectivity index (χ3v) is 6.13. The fraction of sp³-hybridized carbons (Fsp3) is 0.333. The van der Waals surface area contributed by atoms with Gasteiger partial charge in [-0.2, -0.15) is 18.3 Å². The van der Waals surface area contributed by atoms with E-state index < -0.39 is 23.3 Å². The average molecular weight is 477 g/mol. The first-order valence-electron chi connectivity index (χ1n) is 10.7. The molecule has 1 amide bonds. The molecule has 1 atom stereocenters. The molecule has 1 unspecified atom stereocenters. The van der Waals surface area contributed by atoms with E-state index in [0.29, 0.717) is 10.6 Å². The lowest BCUT2D eigenvalue weighted by Gasteiger charge is -2.28. The van der Waals surface area contributed by atoms with Crippen LogP contribution < -0.4 is 5.32 Å². The Morgan fingerprint density at radius 2 is 1.88 bits per heavy atom. The van der Waals surface area contributed by atoms with Crippen LogP contribution in [0.3, 0.4) is 0 Å². The van der Waals surface area contributed by atoms with E-state index in [1.807, 2.05) is 18.2 Å². The van der Waals surface area contributed by atoms with Crippen molar-refractivity contribution in [3.63, 3.8) is 0 Å². The highest BCUT2D eigenvalue weighted by molar-refractivity contribution is 6.30. The van der Waals surface area contributed by atoms with Gasteiger partial charge < -0.3 is 5.32 Å². The summed E-state index contributed by atoms with van der Waals surface area (Å²) in [5.41, 5.74) is 0.217. The number of hydrogen-bond acceptors (Lipinski definition) is 3. The molecule has 1 N–H and O–H groups in total. The van der Waals surface area contributed by atoms with Crippen LogP contribution in [0.4, 0.5) is 13.2 Å². The Balaban J connectivity index is 1.62. The van der Waals surface area contributed by atoms with Crippen LogP contribution in [0, 0.1) is 6.92 Å². The monoisotopic (exact) mass is 476 g/mol. The molecule has 1 fully saturated rings. The van der Waals surface area contributed by atoms with Gasteiger partial charge in [0.1, 0.15) is 0 Å². The van der Waals surface area contributed by atoms with Crippen LogP contribution in [-0.4, -0.2) is 40.2 Å². The highest BCUT2D eigenvalue weighted by Gasteiger charge is 2.41. The number of aromatic nitrogens is 2. The summed E-state index contributed by atoms with van der Waals surface area (Å²) in [6.07, 6.45) is -1.71. The molecule has 9 heteroatoms. The lowest BCUT2D eigenvalue weighted by molar-refractivity contribution is -0.143. The number of nitrogens with zero attached hydrogens (tertiary/aromatic N) is 3. The molecule has 1 aliphatic heterocycles. The molecule has 33 heavy (non-hydrogen) atoms. The number of carbonyl (C=O) groups is 1. The van der Waals surface area contributed by atoms with Gasteiger partial charge in [0.2, 0.25) is 0 Å². The molecule has 3 aromatic rings. The third-order valence-electron chi connectivity index (χ3n) is 5.90. The SMILES string of the molecule is Cc1ccccc1-n1ncc(C(=O)NCC(c2cccc(Cl)c2)N2CCCC2)c1C(F)(F)F.